The van der Waals surface area contributed by atoms with Crippen molar-refractivity contribution in [3.8, 4) is 0 Å². The molecule has 0 saturated heterocycles. The summed E-state index contributed by atoms with van der Waals surface area (Å²) in [6, 6.07) is 9.66. The molecule has 3 nitrogen and oxygen atoms in total. The number of nitrogens with one attached hydrogen (secondary N) is 2. The summed E-state index contributed by atoms with van der Waals surface area (Å²) in [6.07, 6.45) is 7.41. The van der Waals surface area contributed by atoms with Crippen molar-refractivity contribution in [1.29, 1.82) is 0 Å². The molecule has 0 aliphatic rings. The summed E-state index contributed by atoms with van der Waals surface area (Å²) in [4.78, 5) is 11.5. The molecule has 22 heavy (non-hydrogen) atoms. The normalized spacial score (nSPS) is 11.3. The number of allylic oxidation sites excluding steroid dienone is 1. The number of halogens is 1. The molecule has 0 bridgehead atoms. The molecule has 2 N–H and O–H groups in total. The SMILES string of the molecule is CCCCCCNC(=O)NC/C(F)=C\CCc1ccccc1. The summed E-state index contributed by atoms with van der Waals surface area (Å²) < 4.78 is 13.6. The molecule has 122 valence electrons. The fourth-order valence-corrected chi connectivity index (χ4v) is 2.09. The topological polar surface area (TPSA) is 41.1 Å². The highest BCUT2D eigenvalue weighted by atomic mass is 19.1. The first-order valence-electron chi connectivity index (χ1n) is 8.12. The van der Waals surface area contributed by atoms with Gasteiger partial charge in [-0.1, -0.05) is 62.6 Å². The van der Waals surface area contributed by atoms with E-state index in [0.717, 1.165) is 19.3 Å². The van der Waals surface area contributed by atoms with Crippen molar-refractivity contribution in [2.45, 2.75) is 45.4 Å². The van der Waals surface area contributed by atoms with Crippen molar-refractivity contribution in [2.75, 3.05) is 13.1 Å². The third-order valence-electron chi connectivity index (χ3n) is 3.38. The number of aryl methyl sites for hydroxylation is 1. The molecule has 0 aliphatic heterocycles. The van der Waals surface area contributed by atoms with Crippen molar-refractivity contribution in [1.82, 2.24) is 10.6 Å². The number of urea groups is 1. The number of carbonyl (C=O) groups is 1. The van der Waals surface area contributed by atoms with Crippen LogP contribution in [0, 0.1) is 0 Å². The van der Waals surface area contributed by atoms with Crippen LogP contribution in [0.3, 0.4) is 0 Å². The third-order valence-corrected chi connectivity index (χ3v) is 3.38. The van der Waals surface area contributed by atoms with Gasteiger partial charge < -0.3 is 10.6 Å². The van der Waals surface area contributed by atoms with E-state index in [-0.39, 0.29) is 18.4 Å². The van der Waals surface area contributed by atoms with Gasteiger partial charge in [0.15, 0.2) is 0 Å². The van der Waals surface area contributed by atoms with Crippen LogP contribution in [-0.4, -0.2) is 19.1 Å². The van der Waals surface area contributed by atoms with Gasteiger partial charge in [-0.05, 0) is 24.8 Å². The largest absolute Gasteiger partial charge is 0.338 e. The number of hydrogen-bond acceptors (Lipinski definition) is 1. The van der Waals surface area contributed by atoms with Gasteiger partial charge in [0.2, 0.25) is 0 Å². The van der Waals surface area contributed by atoms with Gasteiger partial charge in [0.05, 0.1) is 6.54 Å². The minimum Gasteiger partial charge on any atom is -0.338 e. The smallest absolute Gasteiger partial charge is 0.315 e. The Labute approximate surface area is 133 Å². The van der Waals surface area contributed by atoms with E-state index in [0.29, 0.717) is 13.0 Å². The summed E-state index contributed by atoms with van der Waals surface area (Å²) in [5.41, 5.74) is 1.18. The lowest BCUT2D eigenvalue weighted by atomic mass is 10.1. The minimum atomic E-state index is -0.303. The molecule has 0 fully saturated rings. The maximum absolute atomic E-state index is 13.6. The Balaban J connectivity index is 2.09. The third kappa shape index (κ3) is 9.16. The molecule has 0 heterocycles. The first kappa shape index (κ1) is 18.2. The summed E-state index contributed by atoms with van der Waals surface area (Å²) in [5, 5.41) is 5.26. The molecular formula is C18H27FN2O. The highest BCUT2D eigenvalue weighted by Crippen LogP contribution is 2.05. The van der Waals surface area contributed by atoms with Gasteiger partial charge >= 0.3 is 6.03 Å². The van der Waals surface area contributed by atoms with Crippen LogP contribution < -0.4 is 10.6 Å². The lowest BCUT2D eigenvalue weighted by molar-refractivity contribution is 0.241. The van der Waals surface area contributed by atoms with E-state index >= 15 is 0 Å². The van der Waals surface area contributed by atoms with E-state index in [1.165, 1.54) is 24.5 Å². The van der Waals surface area contributed by atoms with Gasteiger partial charge in [-0.25, -0.2) is 9.18 Å². The Hall–Kier alpha value is -1.84. The predicted molar refractivity (Wildman–Crippen MR) is 89.5 cm³/mol. The molecule has 0 spiro atoms. The van der Waals surface area contributed by atoms with Crippen molar-refractivity contribution >= 4 is 6.03 Å². The van der Waals surface area contributed by atoms with Crippen LogP contribution in [-0.2, 0) is 6.42 Å². The fraction of sp³-hybridized carbons (Fsp3) is 0.500. The number of carbonyl (C=O) groups excluding carboxylic acids is 1. The quantitative estimate of drug-likeness (QED) is 0.620. The molecule has 0 unspecified atom stereocenters. The van der Waals surface area contributed by atoms with Crippen LogP contribution >= 0.6 is 0 Å². The number of unbranched alkanes of at least 4 members (excludes halogenated alkanes) is 3. The number of rotatable bonds is 10. The Kier molecular flexibility index (Phi) is 9.75. The van der Waals surface area contributed by atoms with E-state index in [9.17, 15) is 9.18 Å². The molecule has 0 aliphatic carbocycles. The van der Waals surface area contributed by atoms with Crippen molar-refractivity contribution in [3.05, 3.63) is 47.8 Å². The average Bonchev–Trinajstić information content (AvgIpc) is 2.54. The summed E-state index contributed by atoms with van der Waals surface area (Å²) in [6.45, 7) is 2.74. The van der Waals surface area contributed by atoms with Crippen LogP contribution in [0.5, 0.6) is 0 Å². The number of benzene rings is 1. The monoisotopic (exact) mass is 306 g/mol. The molecule has 0 radical (unpaired) electrons. The lowest BCUT2D eigenvalue weighted by Gasteiger charge is -2.06. The molecule has 1 aromatic carbocycles. The standard InChI is InChI=1S/C18H27FN2O/c1-2-3-4-8-14-20-18(22)21-15-17(19)13-9-12-16-10-6-5-7-11-16/h5-7,10-11,13H,2-4,8-9,12,14-15H2,1H3,(H2,20,21,22)/b17-13+. The predicted octanol–water partition coefficient (Wildman–Crippen LogP) is 4.35. The van der Waals surface area contributed by atoms with Gasteiger partial charge in [-0.15, -0.1) is 0 Å². The Morgan fingerprint density at radius 1 is 1.14 bits per heavy atom. The summed E-state index contributed by atoms with van der Waals surface area (Å²) in [7, 11) is 0. The number of amides is 2. The van der Waals surface area contributed by atoms with Crippen LogP contribution in [0.4, 0.5) is 9.18 Å². The van der Waals surface area contributed by atoms with E-state index in [4.69, 9.17) is 0 Å². The van der Waals surface area contributed by atoms with Gasteiger partial charge in [0.25, 0.3) is 0 Å². The molecule has 0 saturated carbocycles. The van der Waals surface area contributed by atoms with Crippen molar-refractivity contribution < 1.29 is 9.18 Å². The molecule has 0 aromatic heterocycles. The second kappa shape index (κ2) is 11.8. The van der Waals surface area contributed by atoms with Gasteiger partial charge in [-0.2, -0.15) is 0 Å². The summed E-state index contributed by atoms with van der Waals surface area (Å²) >= 11 is 0. The van der Waals surface area contributed by atoms with Crippen LogP contribution in [0.1, 0.15) is 44.6 Å². The highest BCUT2D eigenvalue weighted by molar-refractivity contribution is 5.73. The molecule has 2 amide bonds. The van der Waals surface area contributed by atoms with Crippen LogP contribution in [0.25, 0.3) is 0 Å². The van der Waals surface area contributed by atoms with E-state index < -0.39 is 0 Å². The van der Waals surface area contributed by atoms with Crippen LogP contribution in [0.15, 0.2) is 42.2 Å². The molecule has 0 atom stereocenters. The van der Waals surface area contributed by atoms with E-state index in [2.05, 4.69) is 17.6 Å². The molecule has 4 heteroatoms. The Bertz CT molecular complexity index is 446. The zero-order valence-electron chi connectivity index (χ0n) is 13.4. The first-order chi connectivity index (χ1) is 10.7. The van der Waals surface area contributed by atoms with Crippen molar-refractivity contribution in [3.63, 3.8) is 0 Å². The second-order valence-corrected chi connectivity index (χ2v) is 5.35. The molecule has 1 aromatic rings. The maximum atomic E-state index is 13.6. The summed E-state index contributed by atoms with van der Waals surface area (Å²) in [5.74, 6) is -0.294. The highest BCUT2D eigenvalue weighted by Gasteiger charge is 2.01. The second-order valence-electron chi connectivity index (χ2n) is 5.35. The van der Waals surface area contributed by atoms with Gasteiger partial charge in [-0.3, -0.25) is 0 Å². The van der Waals surface area contributed by atoms with Crippen molar-refractivity contribution in [2.24, 2.45) is 0 Å². The maximum Gasteiger partial charge on any atom is 0.315 e. The lowest BCUT2D eigenvalue weighted by Crippen LogP contribution is -2.36. The van der Waals surface area contributed by atoms with Crippen LogP contribution in [0.2, 0.25) is 0 Å². The van der Waals surface area contributed by atoms with E-state index in [1.807, 2.05) is 30.3 Å². The zero-order valence-corrected chi connectivity index (χ0v) is 13.4. The fourth-order valence-electron chi connectivity index (χ4n) is 2.09. The minimum absolute atomic E-state index is 0.0460. The molecular weight excluding hydrogens is 279 g/mol. The Morgan fingerprint density at radius 2 is 1.91 bits per heavy atom. The van der Waals surface area contributed by atoms with Gasteiger partial charge in [0, 0.05) is 6.54 Å². The zero-order chi connectivity index (χ0) is 16.0. The van der Waals surface area contributed by atoms with E-state index in [1.54, 1.807) is 0 Å². The average molecular weight is 306 g/mol. The molecule has 1 rings (SSSR count). The van der Waals surface area contributed by atoms with Gasteiger partial charge in [0.1, 0.15) is 5.83 Å². The number of hydrogen-bond donors (Lipinski definition) is 2. The Morgan fingerprint density at radius 3 is 2.64 bits per heavy atom. The first-order valence-corrected chi connectivity index (χ1v) is 8.12.